The van der Waals surface area contributed by atoms with Gasteiger partial charge in [0.2, 0.25) is 11.8 Å². The highest BCUT2D eigenvalue weighted by atomic mass is 16.5. The van der Waals surface area contributed by atoms with Gasteiger partial charge in [0, 0.05) is 36.2 Å². The van der Waals surface area contributed by atoms with Gasteiger partial charge in [-0.1, -0.05) is 42.5 Å². The average Bonchev–Trinajstić information content (AvgIpc) is 3.47. The number of hydrogen-bond acceptors (Lipinski definition) is 9. The largest absolute Gasteiger partial charge is 0.496 e. The quantitative estimate of drug-likeness (QED) is 0.274. The summed E-state index contributed by atoms with van der Waals surface area (Å²) in [5, 5.41) is 24.8. The predicted octanol–water partition coefficient (Wildman–Crippen LogP) is 3.67. The van der Waals surface area contributed by atoms with Crippen molar-refractivity contribution in [3.63, 3.8) is 0 Å². The number of nitrogens with one attached hydrogen (secondary N) is 1. The van der Waals surface area contributed by atoms with E-state index in [4.69, 9.17) is 9.47 Å². The lowest BCUT2D eigenvalue weighted by atomic mass is 9.96. The molecule has 1 saturated heterocycles. The molecule has 0 bridgehead atoms. The van der Waals surface area contributed by atoms with Crippen LogP contribution in [0.25, 0.3) is 28.3 Å². The molecule has 1 N–H and O–H groups in total. The van der Waals surface area contributed by atoms with Gasteiger partial charge in [-0.05, 0) is 43.2 Å². The standard InChI is InChI=1S/C30H30N8O3/c1-40-25-10-6-5-9-23(25)24-11-12-26(33-32-24)37-18-15-22(16-19-37)30(39)31-17-20-41-28-14-13-27-34-35-29(38(27)36-28)21-7-3-2-4-8-21/h2-14,22H,15-20H2,1H3,(H,31,39). The molecular weight excluding hydrogens is 520 g/mol. The van der Waals surface area contributed by atoms with E-state index in [0.717, 1.165) is 54.3 Å². The number of benzene rings is 2. The highest BCUT2D eigenvalue weighted by molar-refractivity contribution is 5.79. The Balaban J connectivity index is 0.971. The number of ether oxygens (including phenoxy) is 2. The molecular formula is C30H30N8O3. The van der Waals surface area contributed by atoms with Crippen LogP contribution >= 0.6 is 0 Å². The van der Waals surface area contributed by atoms with Crippen molar-refractivity contribution in [2.45, 2.75) is 12.8 Å². The molecule has 11 heteroatoms. The van der Waals surface area contributed by atoms with Crippen molar-refractivity contribution in [1.29, 1.82) is 0 Å². The van der Waals surface area contributed by atoms with E-state index in [0.29, 0.717) is 30.5 Å². The second-order valence-electron chi connectivity index (χ2n) is 9.71. The van der Waals surface area contributed by atoms with E-state index in [9.17, 15) is 4.79 Å². The van der Waals surface area contributed by atoms with Gasteiger partial charge in [0.05, 0.1) is 19.3 Å². The summed E-state index contributed by atoms with van der Waals surface area (Å²) < 4.78 is 12.9. The summed E-state index contributed by atoms with van der Waals surface area (Å²) in [7, 11) is 1.65. The summed E-state index contributed by atoms with van der Waals surface area (Å²) in [5.41, 5.74) is 3.21. The number of fused-ring (bicyclic) bond motifs is 1. The van der Waals surface area contributed by atoms with Crippen LogP contribution < -0.4 is 19.7 Å². The molecule has 11 nitrogen and oxygen atoms in total. The molecule has 4 heterocycles. The number of hydrogen-bond donors (Lipinski definition) is 1. The number of carbonyl (C=O) groups is 1. The Bertz CT molecular complexity index is 1620. The SMILES string of the molecule is COc1ccccc1-c1ccc(N2CCC(C(=O)NCCOc3ccc4nnc(-c5ccccc5)n4n3)CC2)nn1. The minimum absolute atomic E-state index is 0.0411. The minimum atomic E-state index is -0.0491. The van der Waals surface area contributed by atoms with E-state index < -0.39 is 0 Å². The molecule has 2 aromatic carbocycles. The first-order valence-corrected chi connectivity index (χ1v) is 13.6. The summed E-state index contributed by atoms with van der Waals surface area (Å²) in [4.78, 5) is 15.0. The molecule has 0 saturated carbocycles. The Hall–Kier alpha value is -5.06. The minimum Gasteiger partial charge on any atom is -0.496 e. The van der Waals surface area contributed by atoms with Crippen LogP contribution in [0.3, 0.4) is 0 Å². The fourth-order valence-electron chi connectivity index (χ4n) is 4.96. The van der Waals surface area contributed by atoms with E-state index in [-0.39, 0.29) is 11.8 Å². The van der Waals surface area contributed by atoms with Crippen LogP contribution in [-0.4, -0.2) is 69.3 Å². The Morgan fingerprint density at radius 1 is 0.902 bits per heavy atom. The summed E-state index contributed by atoms with van der Waals surface area (Å²) in [5.74, 6) is 2.64. The number of nitrogens with zero attached hydrogens (tertiary/aromatic N) is 7. The van der Waals surface area contributed by atoms with Gasteiger partial charge in [0.1, 0.15) is 12.4 Å². The Kier molecular flexibility index (Phi) is 7.65. The van der Waals surface area contributed by atoms with Crippen LogP contribution in [-0.2, 0) is 4.79 Å². The topological polar surface area (TPSA) is 120 Å². The number of piperidine rings is 1. The van der Waals surface area contributed by atoms with E-state index in [1.165, 1.54) is 0 Å². The van der Waals surface area contributed by atoms with Crippen LogP contribution in [0.1, 0.15) is 12.8 Å². The lowest BCUT2D eigenvalue weighted by molar-refractivity contribution is -0.125. The van der Waals surface area contributed by atoms with Crippen molar-refractivity contribution < 1.29 is 14.3 Å². The second-order valence-corrected chi connectivity index (χ2v) is 9.71. The second kappa shape index (κ2) is 12.0. The van der Waals surface area contributed by atoms with E-state index >= 15 is 0 Å². The number of aromatic nitrogens is 6. The number of methoxy groups -OCH3 is 1. The predicted molar refractivity (Wildman–Crippen MR) is 154 cm³/mol. The normalized spacial score (nSPS) is 13.7. The van der Waals surface area contributed by atoms with Gasteiger partial charge >= 0.3 is 0 Å². The summed E-state index contributed by atoms with van der Waals surface area (Å²) in [6, 6.07) is 25.0. The number of carbonyl (C=O) groups excluding carboxylic acids is 1. The maximum Gasteiger partial charge on any atom is 0.231 e. The van der Waals surface area contributed by atoms with Crippen LogP contribution in [0, 0.1) is 5.92 Å². The van der Waals surface area contributed by atoms with Crippen molar-refractivity contribution in [1.82, 2.24) is 35.3 Å². The van der Waals surface area contributed by atoms with Crippen LogP contribution in [0.15, 0.2) is 78.9 Å². The molecule has 41 heavy (non-hydrogen) atoms. The lowest BCUT2D eigenvalue weighted by Gasteiger charge is -2.31. The van der Waals surface area contributed by atoms with Crippen LogP contribution in [0.2, 0.25) is 0 Å². The van der Waals surface area contributed by atoms with Crippen LogP contribution in [0.5, 0.6) is 11.6 Å². The maximum atomic E-state index is 12.8. The Labute approximate surface area is 237 Å². The Morgan fingerprint density at radius 2 is 1.71 bits per heavy atom. The van der Waals surface area contributed by atoms with Crippen molar-refractivity contribution in [2.24, 2.45) is 5.92 Å². The molecule has 1 amide bonds. The van der Waals surface area contributed by atoms with Crippen molar-refractivity contribution in [3.05, 3.63) is 78.9 Å². The highest BCUT2D eigenvalue weighted by Gasteiger charge is 2.25. The summed E-state index contributed by atoms with van der Waals surface area (Å²) >= 11 is 0. The van der Waals surface area contributed by atoms with Gasteiger partial charge in [-0.25, -0.2) is 0 Å². The van der Waals surface area contributed by atoms with Crippen molar-refractivity contribution in [2.75, 3.05) is 38.3 Å². The van der Waals surface area contributed by atoms with Crippen molar-refractivity contribution >= 4 is 17.4 Å². The lowest BCUT2D eigenvalue weighted by Crippen LogP contribution is -2.41. The Morgan fingerprint density at radius 3 is 2.49 bits per heavy atom. The molecule has 3 aromatic heterocycles. The molecule has 208 valence electrons. The first-order valence-electron chi connectivity index (χ1n) is 13.6. The average molecular weight is 551 g/mol. The number of para-hydroxylation sites is 1. The smallest absolute Gasteiger partial charge is 0.231 e. The zero-order valence-corrected chi connectivity index (χ0v) is 22.7. The number of anilines is 1. The van der Waals surface area contributed by atoms with E-state index in [1.807, 2.05) is 72.8 Å². The van der Waals surface area contributed by atoms with Gasteiger partial charge in [-0.15, -0.1) is 25.5 Å². The first-order chi connectivity index (χ1) is 20.2. The van der Waals surface area contributed by atoms with Gasteiger partial charge < -0.3 is 19.7 Å². The highest BCUT2D eigenvalue weighted by Crippen LogP contribution is 2.29. The van der Waals surface area contributed by atoms with E-state index in [2.05, 4.69) is 35.7 Å². The summed E-state index contributed by atoms with van der Waals surface area (Å²) in [6.07, 6.45) is 1.49. The molecule has 0 atom stereocenters. The molecule has 0 radical (unpaired) electrons. The third kappa shape index (κ3) is 5.79. The van der Waals surface area contributed by atoms with Gasteiger partial charge in [0.25, 0.3) is 0 Å². The van der Waals surface area contributed by atoms with Gasteiger partial charge in [-0.3, -0.25) is 4.79 Å². The molecule has 1 aliphatic heterocycles. The number of rotatable bonds is 9. The zero-order valence-electron chi connectivity index (χ0n) is 22.7. The molecule has 1 fully saturated rings. The molecule has 6 rings (SSSR count). The first kappa shape index (κ1) is 26.2. The molecule has 1 aliphatic rings. The molecule has 0 aliphatic carbocycles. The third-order valence-corrected chi connectivity index (χ3v) is 7.14. The monoisotopic (exact) mass is 550 g/mol. The molecule has 0 unspecified atom stereocenters. The maximum absolute atomic E-state index is 12.8. The van der Waals surface area contributed by atoms with E-state index in [1.54, 1.807) is 17.7 Å². The third-order valence-electron chi connectivity index (χ3n) is 7.14. The van der Waals surface area contributed by atoms with Gasteiger partial charge in [0.15, 0.2) is 17.3 Å². The summed E-state index contributed by atoms with van der Waals surface area (Å²) in [6.45, 7) is 2.18. The zero-order chi connectivity index (χ0) is 28.0. The fraction of sp³-hybridized carbons (Fsp3) is 0.267. The van der Waals surface area contributed by atoms with Crippen LogP contribution in [0.4, 0.5) is 5.82 Å². The molecule has 0 spiro atoms. The fourth-order valence-corrected chi connectivity index (χ4v) is 4.96. The number of amides is 1. The molecule has 5 aromatic rings. The van der Waals surface area contributed by atoms with Gasteiger partial charge in [-0.2, -0.15) is 4.52 Å². The van der Waals surface area contributed by atoms with Crippen molar-refractivity contribution in [3.8, 4) is 34.3 Å².